The predicted molar refractivity (Wildman–Crippen MR) is 101 cm³/mol. The number of hydrogen-bond donors (Lipinski definition) is 0. The van der Waals surface area contributed by atoms with E-state index in [1.807, 2.05) is 6.07 Å². The van der Waals surface area contributed by atoms with E-state index in [0.29, 0.717) is 37.9 Å². The highest BCUT2D eigenvalue weighted by molar-refractivity contribution is 7.99. The van der Waals surface area contributed by atoms with Crippen LogP contribution in [0.15, 0.2) is 69.5 Å². The number of pyridine rings is 1. The van der Waals surface area contributed by atoms with Crippen LogP contribution in [0.4, 0.5) is 4.39 Å². The molecule has 0 amide bonds. The fourth-order valence-electron chi connectivity index (χ4n) is 2.30. The van der Waals surface area contributed by atoms with E-state index in [-0.39, 0.29) is 11.6 Å². The summed E-state index contributed by atoms with van der Waals surface area (Å²) >= 11 is 7.14. The van der Waals surface area contributed by atoms with E-state index in [2.05, 4.69) is 19.9 Å². The highest BCUT2D eigenvalue weighted by Gasteiger charge is 2.19. The second-order valence-corrected chi connectivity index (χ2v) is 6.92. The lowest BCUT2D eigenvalue weighted by atomic mass is 10.2. The molecular formula is C19H9ClFN5OS. The fourth-order valence-corrected chi connectivity index (χ4v) is 3.22. The third-order valence-electron chi connectivity index (χ3n) is 3.61. The molecule has 0 radical (unpaired) electrons. The Morgan fingerprint density at radius 1 is 0.964 bits per heavy atom. The molecule has 0 aliphatic carbocycles. The molecule has 0 saturated carbocycles. The molecule has 4 rings (SSSR count). The third-order valence-corrected chi connectivity index (χ3v) is 4.75. The SMILES string of the molecule is N#Cc1ncc(-c2nc(-c3ccc(F)cc3)oc2Sc2ccc(Cl)cn2)cn1. The van der Waals surface area contributed by atoms with Crippen molar-refractivity contribution in [2.75, 3.05) is 0 Å². The number of oxazole rings is 1. The normalized spacial score (nSPS) is 10.6. The summed E-state index contributed by atoms with van der Waals surface area (Å²) in [6.45, 7) is 0. The number of halogens is 2. The number of nitriles is 1. The van der Waals surface area contributed by atoms with Gasteiger partial charge in [0.05, 0.1) is 5.02 Å². The van der Waals surface area contributed by atoms with Crippen molar-refractivity contribution in [1.29, 1.82) is 5.26 Å². The van der Waals surface area contributed by atoms with Crippen LogP contribution in [0.5, 0.6) is 0 Å². The van der Waals surface area contributed by atoms with Gasteiger partial charge in [-0.15, -0.1) is 0 Å². The Morgan fingerprint density at radius 3 is 2.36 bits per heavy atom. The van der Waals surface area contributed by atoms with Crippen LogP contribution < -0.4 is 0 Å². The lowest BCUT2D eigenvalue weighted by molar-refractivity contribution is 0.485. The summed E-state index contributed by atoms with van der Waals surface area (Å²) in [5, 5.41) is 10.5. The molecular weight excluding hydrogens is 401 g/mol. The van der Waals surface area contributed by atoms with Crippen LogP contribution in [0.25, 0.3) is 22.7 Å². The maximum atomic E-state index is 13.2. The molecule has 1 aromatic carbocycles. The van der Waals surface area contributed by atoms with E-state index in [1.54, 1.807) is 24.3 Å². The van der Waals surface area contributed by atoms with Crippen molar-refractivity contribution in [2.24, 2.45) is 0 Å². The Bertz CT molecular complexity index is 1160. The smallest absolute Gasteiger partial charge is 0.232 e. The minimum absolute atomic E-state index is 0.0552. The molecule has 0 spiro atoms. The molecule has 0 saturated heterocycles. The second-order valence-electron chi connectivity index (χ2n) is 5.49. The summed E-state index contributed by atoms with van der Waals surface area (Å²) in [5.41, 5.74) is 1.69. The van der Waals surface area contributed by atoms with Gasteiger partial charge < -0.3 is 4.42 Å². The maximum Gasteiger partial charge on any atom is 0.232 e. The first-order chi connectivity index (χ1) is 13.6. The molecule has 3 heterocycles. The first-order valence-corrected chi connectivity index (χ1v) is 9.10. The predicted octanol–water partition coefficient (Wildman–Crippen LogP) is 5.01. The zero-order chi connectivity index (χ0) is 19.5. The summed E-state index contributed by atoms with van der Waals surface area (Å²) in [6, 6.07) is 11.2. The van der Waals surface area contributed by atoms with Crippen molar-refractivity contribution < 1.29 is 8.81 Å². The van der Waals surface area contributed by atoms with Crippen molar-refractivity contribution >= 4 is 23.4 Å². The fraction of sp³-hybridized carbons (Fsp3) is 0. The molecule has 9 heteroatoms. The van der Waals surface area contributed by atoms with Gasteiger partial charge in [-0.3, -0.25) is 0 Å². The zero-order valence-electron chi connectivity index (χ0n) is 14.0. The Balaban J connectivity index is 1.78. The standard InChI is InChI=1S/C19H9ClFN5OS/c20-13-3-6-16(25-10-13)28-19-17(12-8-23-15(7-22)24-9-12)26-18(27-19)11-1-4-14(21)5-2-11/h1-6,8-10H. The molecule has 0 unspecified atom stereocenters. The third kappa shape index (κ3) is 3.86. The van der Waals surface area contributed by atoms with Crippen molar-refractivity contribution in [1.82, 2.24) is 19.9 Å². The van der Waals surface area contributed by atoms with Gasteiger partial charge in [-0.05, 0) is 48.2 Å². The van der Waals surface area contributed by atoms with Crippen molar-refractivity contribution in [2.45, 2.75) is 10.1 Å². The number of benzene rings is 1. The maximum absolute atomic E-state index is 13.2. The van der Waals surface area contributed by atoms with Crippen LogP contribution in [0, 0.1) is 17.1 Å². The van der Waals surface area contributed by atoms with E-state index in [9.17, 15) is 4.39 Å². The van der Waals surface area contributed by atoms with Crippen molar-refractivity contribution in [3.8, 4) is 28.8 Å². The second kappa shape index (κ2) is 7.76. The summed E-state index contributed by atoms with van der Waals surface area (Å²) < 4.78 is 19.1. The number of aromatic nitrogens is 4. The summed E-state index contributed by atoms with van der Waals surface area (Å²) in [6.07, 6.45) is 4.53. The van der Waals surface area contributed by atoms with E-state index in [0.717, 1.165) is 0 Å². The van der Waals surface area contributed by atoms with Gasteiger partial charge >= 0.3 is 0 Å². The van der Waals surface area contributed by atoms with E-state index >= 15 is 0 Å². The van der Waals surface area contributed by atoms with Crippen molar-refractivity contribution in [3.63, 3.8) is 0 Å². The van der Waals surface area contributed by atoms with Gasteiger partial charge in [0.25, 0.3) is 0 Å². The lowest BCUT2D eigenvalue weighted by Gasteiger charge is -2.00. The average molecular weight is 410 g/mol. The van der Waals surface area contributed by atoms with Gasteiger partial charge in [-0.2, -0.15) is 5.26 Å². The number of nitrogens with zero attached hydrogens (tertiary/aromatic N) is 5. The lowest BCUT2D eigenvalue weighted by Crippen LogP contribution is -1.90. The van der Waals surface area contributed by atoms with Gasteiger partial charge in [-0.1, -0.05) is 11.6 Å². The van der Waals surface area contributed by atoms with E-state index < -0.39 is 0 Å². The minimum atomic E-state index is -0.351. The molecule has 6 nitrogen and oxygen atoms in total. The summed E-state index contributed by atoms with van der Waals surface area (Å²) in [4.78, 5) is 16.7. The summed E-state index contributed by atoms with van der Waals surface area (Å²) in [5.74, 6) is 0.0198. The molecule has 136 valence electrons. The summed E-state index contributed by atoms with van der Waals surface area (Å²) in [7, 11) is 0. The number of rotatable bonds is 4. The largest absolute Gasteiger partial charge is 0.429 e. The molecule has 4 aromatic rings. The van der Waals surface area contributed by atoms with Crippen LogP contribution in [0.3, 0.4) is 0 Å². The van der Waals surface area contributed by atoms with Gasteiger partial charge in [0.15, 0.2) is 5.09 Å². The molecule has 28 heavy (non-hydrogen) atoms. The Morgan fingerprint density at radius 2 is 1.71 bits per heavy atom. The van der Waals surface area contributed by atoms with Crippen molar-refractivity contribution in [3.05, 3.63) is 71.7 Å². The topological polar surface area (TPSA) is 88.5 Å². The molecule has 0 fully saturated rings. The molecule has 0 aliphatic rings. The number of hydrogen-bond acceptors (Lipinski definition) is 7. The molecule has 0 bridgehead atoms. The Labute approximate surface area is 168 Å². The van der Waals surface area contributed by atoms with Crippen LogP contribution in [-0.2, 0) is 0 Å². The van der Waals surface area contributed by atoms with Crippen LogP contribution >= 0.6 is 23.4 Å². The Hall–Kier alpha value is -3.28. The quantitative estimate of drug-likeness (QED) is 0.468. The van der Waals surface area contributed by atoms with Gasteiger partial charge in [0.1, 0.15) is 22.6 Å². The zero-order valence-corrected chi connectivity index (χ0v) is 15.6. The molecule has 0 aliphatic heterocycles. The molecule has 3 aromatic heterocycles. The van der Waals surface area contributed by atoms with E-state index in [4.69, 9.17) is 21.3 Å². The van der Waals surface area contributed by atoms with Crippen LogP contribution in [0.2, 0.25) is 5.02 Å². The minimum Gasteiger partial charge on any atom is -0.429 e. The van der Waals surface area contributed by atoms with E-state index in [1.165, 1.54) is 42.5 Å². The first kappa shape index (κ1) is 18.1. The Kier molecular flexibility index (Phi) is 5.02. The van der Waals surface area contributed by atoms with Crippen LogP contribution in [-0.4, -0.2) is 19.9 Å². The monoisotopic (exact) mass is 409 g/mol. The first-order valence-electron chi connectivity index (χ1n) is 7.91. The molecule has 0 atom stereocenters. The van der Waals surface area contributed by atoms with Gasteiger partial charge in [0.2, 0.25) is 11.7 Å². The molecule has 0 N–H and O–H groups in total. The van der Waals surface area contributed by atoms with Crippen LogP contribution in [0.1, 0.15) is 5.82 Å². The average Bonchev–Trinajstić information content (AvgIpc) is 3.14. The van der Waals surface area contributed by atoms with Gasteiger partial charge in [-0.25, -0.2) is 24.3 Å². The van der Waals surface area contributed by atoms with Gasteiger partial charge in [0, 0.05) is 29.7 Å². The highest BCUT2D eigenvalue weighted by atomic mass is 35.5. The highest BCUT2D eigenvalue weighted by Crippen LogP contribution is 2.38.